The Labute approximate surface area is 213 Å². The average molecular weight is 530 g/mol. The number of fused-ring (bicyclic) bond motifs is 2. The highest BCUT2D eigenvalue weighted by molar-refractivity contribution is 7.90. The monoisotopic (exact) mass is 529 g/mol. The van der Waals surface area contributed by atoms with Gasteiger partial charge in [0.15, 0.2) is 9.92 Å². The van der Waals surface area contributed by atoms with Crippen molar-refractivity contribution in [2.75, 3.05) is 4.90 Å². The lowest BCUT2D eigenvalue weighted by molar-refractivity contribution is -0.274. The van der Waals surface area contributed by atoms with Crippen molar-refractivity contribution in [3.63, 3.8) is 0 Å². The van der Waals surface area contributed by atoms with E-state index < -0.39 is 28.1 Å². The summed E-state index contributed by atoms with van der Waals surface area (Å²) in [5.41, 5.74) is 4.60. The van der Waals surface area contributed by atoms with Crippen LogP contribution in [0.1, 0.15) is 24.0 Å². The van der Waals surface area contributed by atoms with Crippen LogP contribution in [0.5, 0.6) is 5.75 Å². The third-order valence-corrected chi connectivity index (χ3v) is 8.12. The molecule has 0 saturated carbocycles. The highest BCUT2D eigenvalue weighted by Gasteiger charge is 2.36. The first kappa shape index (κ1) is 25.2. The Morgan fingerprint density at radius 3 is 2.08 bits per heavy atom. The van der Waals surface area contributed by atoms with Crippen molar-refractivity contribution < 1.29 is 27.2 Å². The Hall–Kier alpha value is -3.50. The summed E-state index contributed by atoms with van der Waals surface area (Å²) in [4.78, 5) is 2.12. The van der Waals surface area contributed by atoms with Gasteiger partial charge in [-0.2, -0.15) is 0 Å². The maximum atomic E-state index is 13.3. The Morgan fingerprint density at radius 1 is 0.946 bits per heavy atom. The lowest BCUT2D eigenvalue weighted by atomic mass is 9.93. The predicted octanol–water partition coefficient (Wildman–Crippen LogP) is 5.84. The molecular weight excluding hydrogens is 503 g/mol. The first-order valence-corrected chi connectivity index (χ1v) is 13.4. The molecule has 5 rings (SSSR count). The van der Waals surface area contributed by atoms with Crippen LogP contribution in [0.25, 0.3) is 0 Å². The molecule has 0 spiro atoms. The van der Waals surface area contributed by atoms with Gasteiger partial charge >= 0.3 is 6.36 Å². The van der Waals surface area contributed by atoms with Gasteiger partial charge < -0.3 is 14.7 Å². The van der Waals surface area contributed by atoms with Crippen LogP contribution >= 0.6 is 0 Å². The number of aliphatic hydroxyl groups is 1. The minimum atomic E-state index is -4.85. The zero-order valence-electron chi connectivity index (χ0n) is 19.7. The van der Waals surface area contributed by atoms with Crippen LogP contribution in [0, 0.1) is 4.78 Å². The summed E-state index contributed by atoms with van der Waals surface area (Å²) < 4.78 is 65.6. The number of aryl methyl sites for hydroxylation is 2. The number of para-hydroxylation sites is 2. The number of rotatable bonds is 5. The second-order valence-corrected chi connectivity index (χ2v) is 10.8. The van der Waals surface area contributed by atoms with Gasteiger partial charge in [-0.3, -0.25) is 4.72 Å². The van der Waals surface area contributed by atoms with Crippen molar-refractivity contribution in [2.24, 2.45) is 0 Å². The number of nitrogens with zero attached hydrogens (tertiary/aromatic N) is 1. The Kier molecular flexibility index (Phi) is 6.63. The summed E-state index contributed by atoms with van der Waals surface area (Å²) >= 11 is 0. The normalized spacial score (nSPS) is 21.1. The van der Waals surface area contributed by atoms with E-state index in [1.165, 1.54) is 11.1 Å². The number of benzene rings is 3. The zero-order chi connectivity index (χ0) is 26.2. The standard InChI is InChI=1S/C27H26F3N3O3S/c28-27(29,30)36-20-14-16-21(17-15-20)37(31,35)32-22-8-5-11-25(26(22)34)33-23-9-3-1-6-18(23)12-13-19-7-2-4-10-24(19)33/h1-4,6-10,14-17,25-26,34H,5,11-13H2,(H2,31,32,35)/t25-,26-,37?/m0/s1. The second-order valence-electron chi connectivity index (χ2n) is 9.05. The summed E-state index contributed by atoms with van der Waals surface area (Å²) in [6.07, 6.45) is -1.25. The fourth-order valence-electron chi connectivity index (χ4n) is 5.00. The SMILES string of the molecule is N=S(=O)(NC1=CCC[C@H](N2c3ccccc3CCc3ccccc32)[C@H]1O)c1ccc(OC(F)(F)F)cc1. The van der Waals surface area contributed by atoms with Gasteiger partial charge in [-0.1, -0.05) is 42.5 Å². The first-order valence-electron chi connectivity index (χ1n) is 11.9. The van der Waals surface area contributed by atoms with Crippen molar-refractivity contribution in [3.05, 3.63) is 95.7 Å². The summed E-state index contributed by atoms with van der Waals surface area (Å²) in [7, 11) is -3.67. The molecule has 0 amide bonds. The molecular formula is C27H26F3N3O3S. The molecule has 0 fully saturated rings. The van der Waals surface area contributed by atoms with E-state index in [2.05, 4.69) is 26.5 Å². The van der Waals surface area contributed by atoms with Crippen molar-refractivity contribution >= 4 is 21.3 Å². The number of hydrogen-bond donors (Lipinski definition) is 3. The van der Waals surface area contributed by atoms with Crippen molar-refractivity contribution in [2.45, 2.75) is 49.1 Å². The van der Waals surface area contributed by atoms with E-state index in [9.17, 15) is 22.5 Å². The molecule has 3 atom stereocenters. The maximum Gasteiger partial charge on any atom is 0.573 e. The van der Waals surface area contributed by atoms with Crippen LogP contribution < -0.4 is 14.4 Å². The second kappa shape index (κ2) is 9.75. The molecule has 194 valence electrons. The molecule has 3 aromatic carbocycles. The molecule has 1 heterocycles. The summed E-state index contributed by atoms with van der Waals surface area (Å²) in [6.45, 7) is 0. The highest BCUT2D eigenvalue weighted by Crippen LogP contribution is 2.41. The van der Waals surface area contributed by atoms with Crippen molar-refractivity contribution in [1.29, 1.82) is 4.78 Å². The number of nitrogens with one attached hydrogen (secondary N) is 2. The molecule has 0 bridgehead atoms. The number of aliphatic hydroxyl groups excluding tert-OH is 1. The van der Waals surface area contributed by atoms with Crippen molar-refractivity contribution in [1.82, 2.24) is 4.72 Å². The molecule has 0 radical (unpaired) electrons. The molecule has 0 aromatic heterocycles. The van der Waals surface area contributed by atoms with Crippen LogP contribution in [-0.2, 0) is 22.8 Å². The summed E-state index contributed by atoms with van der Waals surface area (Å²) in [5, 5.41) is 11.5. The molecule has 1 unspecified atom stereocenters. The van der Waals surface area contributed by atoms with Gasteiger partial charge in [0.2, 0.25) is 0 Å². The van der Waals surface area contributed by atoms with Gasteiger partial charge in [-0.15, -0.1) is 13.2 Å². The minimum Gasteiger partial charge on any atom is -0.406 e. The van der Waals surface area contributed by atoms with Gasteiger partial charge in [0, 0.05) is 11.4 Å². The van der Waals surface area contributed by atoms with Crippen LogP contribution in [0.15, 0.2) is 89.5 Å². The Balaban J connectivity index is 1.42. The fourth-order valence-corrected chi connectivity index (χ4v) is 6.17. The van der Waals surface area contributed by atoms with E-state index in [-0.39, 0.29) is 16.6 Å². The number of halogens is 3. The molecule has 2 aliphatic rings. The molecule has 1 aliphatic carbocycles. The van der Waals surface area contributed by atoms with Gasteiger partial charge in [-0.05, 0) is 73.2 Å². The maximum absolute atomic E-state index is 13.3. The molecule has 0 saturated heterocycles. The van der Waals surface area contributed by atoms with E-state index in [0.29, 0.717) is 12.8 Å². The number of anilines is 2. The van der Waals surface area contributed by atoms with Gasteiger partial charge in [0.25, 0.3) is 0 Å². The van der Waals surface area contributed by atoms with Crippen LogP contribution in [0.2, 0.25) is 0 Å². The van der Waals surface area contributed by atoms with E-state index >= 15 is 0 Å². The Bertz CT molecular complexity index is 1380. The average Bonchev–Trinajstić information content (AvgIpc) is 3.02. The summed E-state index contributed by atoms with van der Waals surface area (Å²) in [6, 6.07) is 20.1. The quantitative estimate of drug-likeness (QED) is 0.388. The molecule has 3 aromatic rings. The van der Waals surface area contributed by atoms with E-state index in [4.69, 9.17) is 4.78 Å². The molecule has 3 N–H and O–H groups in total. The number of ether oxygens (including phenoxy) is 1. The van der Waals surface area contributed by atoms with Crippen molar-refractivity contribution in [3.8, 4) is 5.75 Å². The zero-order valence-corrected chi connectivity index (χ0v) is 20.6. The third kappa shape index (κ3) is 5.30. The number of hydrogen-bond acceptors (Lipinski definition) is 5. The number of allylic oxidation sites excluding steroid dienone is 1. The highest BCUT2D eigenvalue weighted by atomic mass is 32.2. The van der Waals surface area contributed by atoms with E-state index in [1.54, 1.807) is 6.08 Å². The molecule has 6 nitrogen and oxygen atoms in total. The molecule has 10 heteroatoms. The topological polar surface area (TPSA) is 85.7 Å². The Morgan fingerprint density at radius 2 is 1.51 bits per heavy atom. The van der Waals surface area contributed by atoms with Gasteiger partial charge in [-0.25, -0.2) is 8.99 Å². The predicted molar refractivity (Wildman–Crippen MR) is 135 cm³/mol. The smallest absolute Gasteiger partial charge is 0.406 e. The molecule has 37 heavy (non-hydrogen) atoms. The van der Waals surface area contributed by atoms with E-state index in [0.717, 1.165) is 48.5 Å². The van der Waals surface area contributed by atoms with Gasteiger partial charge in [0.05, 0.1) is 16.6 Å². The lowest BCUT2D eigenvalue weighted by Crippen LogP contribution is -2.47. The lowest BCUT2D eigenvalue weighted by Gasteiger charge is -2.40. The van der Waals surface area contributed by atoms with Crippen LogP contribution in [-0.4, -0.2) is 27.8 Å². The van der Waals surface area contributed by atoms with Gasteiger partial charge in [0.1, 0.15) is 11.9 Å². The van der Waals surface area contributed by atoms with E-state index in [1.807, 2.05) is 36.4 Å². The molecule has 1 aliphatic heterocycles. The van der Waals surface area contributed by atoms with Crippen LogP contribution in [0.3, 0.4) is 0 Å². The number of alkyl halides is 3. The fraction of sp³-hybridized carbons (Fsp3) is 0.259. The minimum absolute atomic E-state index is 0.0253. The first-order chi connectivity index (χ1) is 17.6. The largest absolute Gasteiger partial charge is 0.573 e. The van der Waals surface area contributed by atoms with Crippen LogP contribution in [0.4, 0.5) is 24.5 Å². The third-order valence-electron chi connectivity index (χ3n) is 6.66. The summed E-state index contributed by atoms with van der Waals surface area (Å²) in [5.74, 6) is -0.470.